The maximum atomic E-state index is 9.25. The van der Waals surface area contributed by atoms with Crippen molar-refractivity contribution in [1.82, 2.24) is 4.37 Å². The summed E-state index contributed by atoms with van der Waals surface area (Å²) in [5, 5.41) is 14.0. The zero-order valence-electron chi connectivity index (χ0n) is 11.2. The quantitative estimate of drug-likeness (QED) is 0.896. The second kappa shape index (κ2) is 4.21. The molecule has 0 unspecified atom stereocenters. The van der Waals surface area contributed by atoms with E-state index < -0.39 is 0 Å². The molecule has 0 spiro atoms. The van der Waals surface area contributed by atoms with Gasteiger partial charge in [0.25, 0.3) is 0 Å². The van der Waals surface area contributed by atoms with E-state index in [1.807, 2.05) is 6.92 Å². The number of aromatic nitrogens is 1. The lowest BCUT2D eigenvalue weighted by molar-refractivity contribution is 0.00764. The van der Waals surface area contributed by atoms with Gasteiger partial charge in [-0.3, -0.25) is 0 Å². The van der Waals surface area contributed by atoms with Gasteiger partial charge in [0, 0.05) is 6.04 Å². The molecular weight excluding hydrogens is 254 g/mol. The largest absolute Gasteiger partial charge is 0.371 e. The highest BCUT2D eigenvalue weighted by Gasteiger charge is 2.48. The Morgan fingerprint density at radius 3 is 2.37 bits per heavy atom. The van der Waals surface area contributed by atoms with Crippen LogP contribution < -0.4 is 5.32 Å². The standard InChI is InChI=1S/C15H19N3S/c1-8-13(7-16)15(19-18-8)17-14-11-3-9-2-10(5-11)6-12(14)4-9/h9-12,14,17H,2-6H2,1H3. The number of nitrogens with one attached hydrogen (secondary N) is 1. The first kappa shape index (κ1) is 11.7. The van der Waals surface area contributed by atoms with Gasteiger partial charge in [-0.15, -0.1) is 0 Å². The molecule has 100 valence electrons. The van der Waals surface area contributed by atoms with E-state index in [-0.39, 0.29) is 0 Å². The predicted octanol–water partition coefficient (Wildman–Crippen LogP) is 3.56. The Bertz CT molecular complexity index is 514. The van der Waals surface area contributed by atoms with Gasteiger partial charge in [-0.05, 0) is 74.2 Å². The summed E-state index contributed by atoms with van der Waals surface area (Å²) in [4.78, 5) is 0. The maximum Gasteiger partial charge on any atom is 0.127 e. The highest BCUT2D eigenvalue weighted by atomic mass is 32.1. The van der Waals surface area contributed by atoms with Crippen LogP contribution in [0.15, 0.2) is 0 Å². The molecule has 5 rings (SSSR count). The van der Waals surface area contributed by atoms with Crippen molar-refractivity contribution in [3.8, 4) is 6.07 Å². The first-order valence-electron chi connectivity index (χ1n) is 7.37. The lowest BCUT2D eigenvalue weighted by Gasteiger charge is -2.54. The van der Waals surface area contributed by atoms with Crippen molar-refractivity contribution < 1.29 is 0 Å². The summed E-state index contributed by atoms with van der Waals surface area (Å²) in [6.45, 7) is 1.93. The van der Waals surface area contributed by atoms with Crippen LogP contribution in [0.5, 0.6) is 0 Å². The summed E-state index contributed by atoms with van der Waals surface area (Å²) in [7, 11) is 0. The molecule has 0 atom stereocenters. The van der Waals surface area contributed by atoms with E-state index in [9.17, 15) is 5.26 Å². The van der Waals surface area contributed by atoms with Crippen molar-refractivity contribution in [2.45, 2.75) is 45.1 Å². The molecule has 0 aliphatic heterocycles. The Balaban J connectivity index is 1.59. The number of nitriles is 1. The van der Waals surface area contributed by atoms with Gasteiger partial charge >= 0.3 is 0 Å². The molecule has 0 amide bonds. The van der Waals surface area contributed by atoms with Gasteiger partial charge in [-0.1, -0.05) is 0 Å². The van der Waals surface area contributed by atoms with Crippen LogP contribution in [0.4, 0.5) is 5.00 Å². The highest BCUT2D eigenvalue weighted by Crippen LogP contribution is 2.54. The predicted molar refractivity (Wildman–Crippen MR) is 76.0 cm³/mol. The summed E-state index contributed by atoms with van der Waals surface area (Å²) in [6, 6.07) is 2.90. The van der Waals surface area contributed by atoms with Crippen LogP contribution in [0.3, 0.4) is 0 Å². The smallest absolute Gasteiger partial charge is 0.127 e. The SMILES string of the molecule is Cc1nsc(NC2C3CC4CC(C3)CC2C4)c1C#N. The summed E-state index contributed by atoms with van der Waals surface area (Å²) < 4.78 is 4.33. The molecule has 1 aromatic heterocycles. The Kier molecular flexibility index (Phi) is 2.60. The second-order valence-corrected chi connectivity index (χ2v) is 7.46. The minimum absolute atomic E-state index is 0.597. The van der Waals surface area contributed by atoms with Crippen LogP contribution in [0, 0.1) is 41.9 Å². The molecule has 1 heterocycles. The van der Waals surface area contributed by atoms with Crippen LogP contribution in [0.1, 0.15) is 43.4 Å². The van der Waals surface area contributed by atoms with E-state index >= 15 is 0 Å². The first-order chi connectivity index (χ1) is 9.24. The molecule has 4 bridgehead atoms. The molecule has 4 heteroatoms. The fourth-order valence-electron chi connectivity index (χ4n) is 4.91. The second-order valence-electron chi connectivity index (χ2n) is 6.68. The fraction of sp³-hybridized carbons (Fsp3) is 0.733. The van der Waals surface area contributed by atoms with Crippen LogP contribution in [-0.2, 0) is 0 Å². The van der Waals surface area contributed by atoms with Crippen molar-refractivity contribution in [3.05, 3.63) is 11.3 Å². The van der Waals surface area contributed by atoms with Gasteiger partial charge in [-0.2, -0.15) is 9.64 Å². The molecule has 4 saturated carbocycles. The molecule has 0 saturated heterocycles. The van der Waals surface area contributed by atoms with E-state index in [0.29, 0.717) is 6.04 Å². The van der Waals surface area contributed by atoms with Crippen molar-refractivity contribution in [2.75, 3.05) is 5.32 Å². The van der Waals surface area contributed by atoms with Crippen LogP contribution in [0.2, 0.25) is 0 Å². The third-order valence-corrected chi connectivity index (χ3v) is 6.37. The molecular formula is C15H19N3S. The van der Waals surface area contributed by atoms with Gasteiger partial charge in [0.05, 0.1) is 5.69 Å². The molecule has 0 radical (unpaired) electrons. The molecule has 1 aromatic rings. The summed E-state index contributed by atoms with van der Waals surface area (Å²) in [5.74, 6) is 3.67. The Morgan fingerprint density at radius 1 is 1.16 bits per heavy atom. The van der Waals surface area contributed by atoms with Crippen molar-refractivity contribution in [1.29, 1.82) is 5.26 Å². The lowest BCUT2D eigenvalue weighted by atomic mass is 9.54. The summed E-state index contributed by atoms with van der Waals surface area (Å²) in [5.41, 5.74) is 1.64. The molecule has 19 heavy (non-hydrogen) atoms. The zero-order valence-corrected chi connectivity index (χ0v) is 12.0. The third kappa shape index (κ3) is 1.79. The van der Waals surface area contributed by atoms with E-state index in [0.717, 1.165) is 39.9 Å². The minimum Gasteiger partial charge on any atom is -0.371 e. The number of hydrogen-bond acceptors (Lipinski definition) is 4. The Labute approximate surface area is 118 Å². The summed E-state index contributed by atoms with van der Waals surface area (Å²) >= 11 is 1.46. The molecule has 0 aromatic carbocycles. The number of nitrogens with zero attached hydrogens (tertiary/aromatic N) is 2. The van der Waals surface area contributed by atoms with Crippen molar-refractivity contribution in [3.63, 3.8) is 0 Å². The Morgan fingerprint density at radius 2 is 1.79 bits per heavy atom. The number of rotatable bonds is 2. The molecule has 4 aliphatic rings. The number of anilines is 1. The molecule has 1 N–H and O–H groups in total. The Hall–Kier alpha value is -1.08. The topological polar surface area (TPSA) is 48.7 Å². The van der Waals surface area contributed by atoms with Gasteiger partial charge < -0.3 is 5.32 Å². The van der Waals surface area contributed by atoms with E-state index in [1.165, 1.54) is 43.6 Å². The van der Waals surface area contributed by atoms with E-state index in [4.69, 9.17) is 0 Å². The normalized spacial score (nSPS) is 39.3. The monoisotopic (exact) mass is 273 g/mol. The van der Waals surface area contributed by atoms with Gasteiger partial charge in [0.1, 0.15) is 16.6 Å². The van der Waals surface area contributed by atoms with Crippen molar-refractivity contribution >= 4 is 16.5 Å². The maximum absolute atomic E-state index is 9.25. The molecule has 4 fully saturated rings. The van der Waals surface area contributed by atoms with Crippen LogP contribution >= 0.6 is 11.5 Å². The number of aryl methyl sites for hydroxylation is 1. The van der Waals surface area contributed by atoms with Gasteiger partial charge in [-0.25, -0.2) is 0 Å². The van der Waals surface area contributed by atoms with Crippen LogP contribution in [-0.4, -0.2) is 10.4 Å². The fourth-order valence-corrected chi connectivity index (χ4v) is 5.71. The van der Waals surface area contributed by atoms with Gasteiger partial charge in [0.2, 0.25) is 0 Å². The summed E-state index contributed by atoms with van der Waals surface area (Å²) in [6.07, 6.45) is 7.12. The highest BCUT2D eigenvalue weighted by molar-refractivity contribution is 7.10. The third-order valence-electron chi connectivity index (χ3n) is 5.50. The lowest BCUT2D eigenvalue weighted by Crippen LogP contribution is -2.51. The average molecular weight is 273 g/mol. The average Bonchev–Trinajstić information content (AvgIpc) is 2.73. The van der Waals surface area contributed by atoms with Gasteiger partial charge in [0.15, 0.2) is 0 Å². The zero-order chi connectivity index (χ0) is 13.0. The van der Waals surface area contributed by atoms with E-state index in [2.05, 4.69) is 15.8 Å². The van der Waals surface area contributed by atoms with Crippen LogP contribution in [0.25, 0.3) is 0 Å². The number of hydrogen-bond donors (Lipinski definition) is 1. The van der Waals surface area contributed by atoms with E-state index in [1.54, 1.807) is 0 Å². The van der Waals surface area contributed by atoms with Crippen molar-refractivity contribution in [2.24, 2.45) is 23.7 Å². The first-order valence-corrected chi connectivity index (χ1v) is 8.15. The molecule has 4 aliphatic carbocycles. The molecule has 3 nitrogen and oxygen atoms in total. The minimum atomic E-state index is 0.597.